The highest BCUT2D eigenvalue weighted by Gasteiger charge is 2.17. The van der Waals surface area contributed by atoms with Crippen LogP contribution < -0.4 is 10.6 Å². The van der Waals surface area contributed by atoms with Gasteiger partial charge in [-0.05, 0) is 31.2 Å². The number of aromatic nitrogens is 1. The summed E-state index contributed by atoms with van der Waals surface area (Å²) >= 11 is 0. The van der Waals surface area contributed by atoms with E-state index in [2.05, 4.69) is 15.6 Å². The van der Waals surface area contributed by atoms with Crippen molar-refractivity contribution in [2.45, 2.75) is 13.5 Å². The van der Waals surface area contributed by atoms with Gasteiger partial charge in [-0.25, -0.2) is 9.59 Å². The van der Waals surface area contributed by atoms with Crippen LogP contribution in [0.3, 0.4) is 0 Å². The van der Waals surface area contributed by atoms with E-state index in [4.69, 9.17) is 0 Å². The van der Waals surface area contributed by atoms with Crippen LogP contribution in [0.15, 0.2) is 48.5 Å². The molecule has 0 saturated carbocycles. The summed E-state index contributed by atoms with van der Waals surface area (Å²) in [7, 11) is 0. The topological polar surface area (TPSA) is 94.2 Å². The van der Waals surface area contributed by atoms with Gasteiger partial charge in [-0.3, -0.25) is 0 Å². The molecular weight excluding hydrogens is 306 g/mol. The number of aryl methyl sites for hydroxylation is 1. The van der Waals surface area contributed by atoms with Gasteiger partial charge < -0.3 is 20.7 Å². The molecule has 2 amide bonds. The molecule has 0 atom stereocenters. The Morgan fingerprint density at radius 1 is 1.12 bits per heavy atom. The summed E-state index contributed by atoms with van der Waals surface area (Å²) in [5.74, 6) is -1.05. The van der Waals surface area contributed by atoms with Gasteiger partial charge in [-0.1, -0.05) is 29.8 Å². The molecule has 24 heavy (non-hydrogen) atoms. The quantitative estimate of drug-likeness (QED) is 0.592. The standard InChI is InChI=1S/C18H17N3O3/c1-11-7-8-15-13(9-11)14(16(21-15)17(22)23)10-19-18(24)20-12-5-3-2-4-6-12/h2-9,21H,10H2,1H3,(H,22,23)(H2,19,20,24). The van der Waals surface area contributed by atoms with Crippen LogP contribution in [-0.4, -0.2) is 22.1 Å². The van der Waals surface area contributed by atoms with Crippen LogP contribution in [0.25, 0.3) is 10.9 Å². The van der Waals surface area contributed by atoms with Gasteiger partial charge >= 0.3 is 12.0 Å². The summed E-state index contributed by atoms with van der Waals surface area (Å²) in [6, 6.07) is 14.3. The minimum Gasteiger partial charge on any atom is -0.477 e. The minimum atomic E-state index is -1.05. The normalized spacial score (nSPS) is 10.5. The van der Waals surface area contributed by atoms with Gasteiger partial charge in [0.2, 0.25) is 0 Å². The monoisotopic (exact) mass is 323 g/mol. The number of hydrogen-bond donors (Lipinski definition) is 4. The number of nitrogens with one attached hydrogen (secondary N) is 3. The van der Waals surface area contributed by atoms with E-state index < -0.39 is 5.97 Å². The van der Waals surface area contributed by atoms with Crippen molar-refractivity contribution in [3.05, 3.63) is 65.4 Å². The molecule has 0 unspecified atom stereocenters. The second-order valence-electron chi connectivity index (χ2n) is 5.51. The second kappa shape index (κ2) is 6.45. The lowest BCUT2D eigenvalue weighted by atomic mass is 10.1. The first-order chi connectivity index (χ1) is 11.5. The number of fused-ring (bicyclic) bond motifs is 1. The number of anilines is 1. The number of carboxylic acids is 1. The molecule has 0 bridgehead atoms. The highest BCUT2D eigenvalue weighted by molar-refractivity contribution is 5.98. The molecule has 0 aliphatic carbocycles. The number of aromatic carboxylic acids is 1. The minimum absolute atomic E-state index is 0.0932. The van der Waals surface area contributed by atoms with E-state index in [1.165, 1.54) is 0 Å². The highest BCUT2D eigenvalue weighted by Crippen LogP contribution is 2.24. The highest BCUT2D eigenvalue weighted by atomic mass is 16.4. The molecule has 3 rings (SSSR count). The maximum absolute atomic E-state index is 12.0. The van der Waals surface area contributed by atoms with Crippen LogP contribution in [0.4, 0.5) is 10.5 Å². The zero-order valence-electron chi connectivity index (χ0n) is 13.1. The third kappa shape index (κ3) is 3.22. The third-order valence-corrected chi connectivity index (χ3v) is 3.73. The van der Waals surface area contributed by atoms with E-state index in [0.717, 1.165) is 16.5 Å². The fraction of sp³-hybridized carbons (Fsp3) is 0.111. The maximum atomic E-state index is 12.0. The van der Waals surface area contributed by atoms with Crippen molar-refractivity contribution in [2.24, 2.45) is 0 Å². The van der Waals surface area contributed by atoms with Crippen LogP contribution in [-0.2, 0) is 6.54 Å². The smallest absolute Gasteiger partial charge is 0.352 e. The number of rotatable bonds is 4. The molecular formula is C18H17N3O3. The number of amides is 2. The summed E-state index contributed by atoms with van der Waals surface area (Å²) in [5, 5.41) is 15.6. The number of urea groups is 1. The Bertz CT molecular complexity index is 901. The van der Waals surface area contributed by atoms with E-state index in [0.29, 0.717) is 11.3 Å². The SMILES string of the molecule is Cc1ccc2[nH]c(C(=O)O)c(CNC(=O)Nc3ccccc3)c2c1. The molecule has 0 saturated heterocycles. The van der Waals surface area contributed by atoms with Gasteiger partial charge in [-0.2, -0.15) is 0 Å². The van der Waals surface area contributed by atoms with Crippen molar-refractivity contribution >= 4 is 28.6 Å². The molecule has 0 aliphatic heterocycles. The summed E-state index contributed by atoms with van der Waals surface area (Å²) in [4.78, 5) is 26.4. The van der Waals surface area contributed by atoms with E-state index in [1.54, 1.807) is 12.1 Å². The Balaban J connectivity index is 1.81. The van der Waals surface area contributed by atoms with Gasteiger partial charge in [0.1, 0.15) is 5.69 Å². The van der Waals surface area contributed by atoms with Crippen LogP contribution in [0.2, 0.25) is 0 Å². The maximum Gasteiger partial charge on any atom is 0.352 e. The molecule has 2 aromatic carbocycles. The van der Waals surface area contributed by atoms with Crippen LogP contribution in [0.1, 0.15) is 21.6 Å². The Kier molecular flexibility index (Phi) is 4.20. The first kappa shape index (κ1) is 15.6. The molecule has 0 fully saturated rings. The number of carboxylic acid groups (broad SMARTS) is 1. The van der Waals surface area contributed by atoms with Crippen LogP contribution in [0, 0.1) is 6.92 Å². The molecule has 1 heterocycles. The number of para-hydroxylation sites is 1. The third-order valence-electron chi connectivity index (χ3n) is 3.73. The van der Waals surface area contributed by atoms with E-state index in [1.807, 2.05) is 43.3 Å². The predicted octanol–water partition coefficient (Wildman–Crippen LogP) is 3.50. The average Bonchev–Trinajstić information content (AvgIpc) is 2.92. The van der Waals surface area contributed by atoms with Crippen molar-refractivity contribution in [1.29, 1.82) is 0 Å². The van der Waals surface area contributed by atoms with Gasteiger partial charge in [0.15, 0.2) is 0 Å². The summed E-state index contributed by atoms with van der Waals surface area (Å²) in [5.41, 5.74) is 3.08. The van der Waals surface area contributed by atoms with Crippen molar-refractivity contribution < 1.29 is 14.7 Å². The van der Waals surface area contributed by atoms with Crippen LogP contribution >= 0.6 is 0 Å². The molecule has 122 valence electrons. The van der Waals surface area contributed by atoms with Gasteiger partial charge in [0.05, 0.1) is 0 Å². The van der Waals surface area contributed by atoms with Gasteiger partial charge in [-0.15, -0.1) is 0 Å². The number of benzene rings is 2. The number of carbonyl (C=O) groups is 2. The fourth-order valence-electron chi connectivity index (χ4n) is 2.59. The fourth-order valence-corrected chi connectivity index (χ4v) is 2.59. The second-order valence-corrected chi connectivity index (χ2v) is 5.51. The van der Waals surface area contributed by atoms with Gasteiger partial charge in [0, 0.05) is 28.7 Å². The lowest BCUT2D eigenvalue weighted by Crippen LogP contribution is -2.28. The van der Waals surface area contributed by atoms with Gasteiger partial charge in [0.25, 0.3) is 0 Å². The number of H-pyrrole nitrogens is 1. The summed E-state index contributed by atoms with van der Waals surface area (Å²) in [6.07, 6.45) is 0. The summed E-state index contributed by atoms with van der Waals surface area (Å²) in [6.45, 7) is 2.05. The molecule has 6 nitrogen and oxygen atoms in total. The number of aromatic amines is 1. The van der Waals surface area contributed by atoms with E-state index in [9.17, 15) is 14.7 Å². The van der Waals surface area contributed by atoms with Crippen molar-refractivity contribution in [3.63, 3.8) is 0 Å². The average molecular weight is 323 g/mol. The Morgan fingerprint density at radius 3 is 2.58 bits per heavy atom. The van der Waals surface area contributed by atoms with Crippen LogP contribution in [0.5, 0.6) is 0 Å². The first-order valence-corrected chi connectivity index (χ1v) is 7.49. The Hall–Kier alpha value is -3.28. The first-order valence-electron chi connectivity index (χ1n) is 7.49. The lowest BCUT2D eigenvalue weighted by molar-refractivity contribution is 0.0690. The Labute approximate surface area is 138 Å². The molecule has 4 N–H and O–H groups in total. The van der Waals surface area contributed by atoms with E-state index in [-0.39, 0.29) is 18.3 Å². The zero-order chi connectivity index (χ0) is 17.1. The molecule has 0 aliphatic rings. The molecule has 0 spiro atoms. The van der Waals surface area contributed by atoms with E-state index >= 15 is 0 Å². The number of hydrogen-bond acceptors (Lipinski definition) is 2. The molecule has 1 aromatic heterocycles. The number of carbonyl (C=O) groups excluding carboxylic acids is 1. The summed E-state index contributed by atoms with van der Waals surface area (Å²) < 4.78 is 0. The van der Waals surface area contributed by atoms with Crippen molar-refractivity contribution in [2.75, 3.05) is 5.32 Å². The largest absolute Gasteiger partial charge is 0.477 e. The zero-order valence-corrected chi connectivity index (χ0v) is 13.1. The predicted molar refractivity (Wildman–Crippen MR) is 92.3 cm³/mol. The molecule has 6 heteroatoms. The molecule has 3 aromatic rings. The lowest BCUT2D eigenvalue weighted by Gasteiger charge is -2.08. The van der Waals surface area contributed by atoms with Crippen molar-refractivity contribution in [3.8, 4) is 0 Å². The molecule has 0 radical (unpaired) electrons. The Morgan fingerprint density at radius 2 is 1.88 bits per heavy atom. The van der Waals surface area contributed by atoms with Crippen molar-refractivity contribution in [1.82, 2.24) is 10.3 Å².